The van der Waals surface area contributed by atoms with Crippen LogP contribution in [0.25, 0.3) is 82.1 Å². The minimum atomic E-state index is -1.79. The SMILES string of the molecule is CC(C)[Si](c1cc(-c2cccs2)c(-c2cc3sc([Si](C(C)C)(C(C)C)C(C)C)cc3c3sccc23)s1)(C(C)C)C(C)C.CC(C)[Si](c1cc(-c2cccs2)c(-c2cc3sc([Si](C(C)C)(C(C)C)C(C)C)cc3c3sccc23)s1)(C(C)C)C(C)C. The molecule has 84 heavy (non-hydrogen) atoms. The zero-order valence-electron chi connectivity index (χ0n) is 55.4. The van der Waals surface area contributed by atoms with Crippen molar-refractivity contribution in [2.75, 3.05) is 0 Å². The molecule has 0 atom stereocenters. The maximum Gasteiger partial charge on any atom is 0.107 e. The van der Waals surface area contributed by atoms with Gasteiger partial charge in [-0.15, -0.1) is 90.7 Å². The molecule has 8 heterocycles. The van der Waals surface area contributed by atoms with Gasteiger partial charge in [0.25, 0.3) is 0 Å². The molecule has 0 radical (unpaired) electrons. The van der Waals surface area contributed by atoms with Gasteiger partial charge in [-0.2, -0.15) is 0 Å². The summed E-state index contributed by atoms with van der Waals surface area (Å²) in [5, 5.41) is 15.0. The fraction of sp³-hybridized carbons (Fsp3) is 0.500. The van der Waals surface area contributed by atoms with Gasteiger partial charge < -0.3 is 0 Å². The Bertz CT molecular complexity index is 3480. The highest BCUT2D eigenvalue weighted by atomic mass is 32.1. The number of hydrogen-bond donors (Lipinski definition) is 0. The van der Waals surface area contributed by atoms with Crippen LogP contribution in [0.3, 0.4) is 0 Å². The molecule has 2 aromatic carbocycles. The van der Waals surface area contributed by atoms with Crippen molar-refractivity contribution in [2.45, 2.75) is 233 Å². The maximum atomic E-state index is 2.65. The van der Waals surface area contributed by atoms with E-state index in [0.29, 0.717) is 33.2 Å². The standard InChI is InChI=1S/2C36H50S4Si2/c2*1-21(2)41(22(3)4,23(5)6)33-20-30-32(39-33)18-28(27-15-17-38-35(27)30)36-29(31-14-13-16-37-31)19-34(40-36)42(24(7)8,25(9)10)26(11)12/h2*13-26H,1-12H3. The lowest BCUT2D eigenvalue weighted by Gasteiger charge is -2.42. The highest BCUT2D eigenvalue weighted by molar-refractivity contribution is 7.35. The van der Waals surface area contributed by atoms with Gasteiger partial charge >= 0.3 is 0 Å². The minimum Gasteiger partial charge on any atom is -0.145 e. The molecular formula is C72H100S8Si4. The molecule has 0 saturated heterocycles. The molecule has 0 aliphatic rings. The highest BCUT2D eigenvalue weighted by Crippen LogP contribution is 2.54. The molecule has 12 heteroatoms. The second-order valence-electron chi connectivity index (χ2n) is 28.5. The third-order valence-corrected chi connectivity index (χ3v) is 61.0. The van der Waals surface area contributed by atoms with Crippen LogP contribution < -0.4 is 18.0 Å². The van der Waals surface area contributed by atoms with Gasteiger partial charge in [0.05, 0.1) is 0 Å². The summed E-state index contributed by atoms with van der Waals surface area (Å²) in [5.74, 6) is 0. The summed E-state index contributed by atoms with van der Waals surface area (Å²) in [6.07, 6.45) is 0. The van der Waals surface area contributed by atoms with E-state index in [-0.39, 0.29) is 0 Å². The van der Waals surface area contributed by atoms with Crippen molar-refractivity contribution in [2.24, 2.45) is 0 Å². The number of hydrogen-bond acceptors (Lipinski definition) is 8. The van der Waals surface area contributed by atoms with E-state index in [4.69, 9.17) is 0 Å². The number of benzene rings is 2. The second-order valence-corrected chi connectivity index (χ2v) is 61.4. The summed E-state index contributed by atoms with van der Waals surface area (Å²) in [5.41, 5.74) is 14.3. The van der Waals surface area contributed by atoms with Gasteiger partial charge in [-0.25, -0.2) is 0 Å². The first kappa shape index (κ1) is 66.4. The summed E-state index contributed by atoms with van der Waals surface area (Å²) in [6, 6.07) is 29.7. The van der Waals surface area contributed by atoms with E-state index in [2.05, 4.69) is 306 Å². The van der Waals surface area contributed by atoms with Crippen molar-refractivity contribution in [3.8, 4) is 41.8 Å². The minimum absolute atomic E-state index is 0.699. The molecule has 0 aliphatic heterocycles. The van der Waals surface area contributed by atoms with E-state index >= 15 is 0 Å². The first-order valence-corrected chi connectivity index (χ1v) is 47.5. The van der Waals surface area contributed by atoms with Crippen LogP contribution in [0.1, 0.15) is 166 Å². The smallest absolute Gasteiger partial charge is 0.107 e. The average Bonchev–Trinajstić information content (AvgIpc) is 1.99. The average molecular weight is 1330 g/mol. The van der Waals surface area contributed by atoms with Crippen LogP contribution in [0.15, 0.2) is 94.3 Å². The number of thiophene rings is 8. The van der Waals surface area contributed by atoms with Crippen LogP contribution in [0.4, 0.5) is 0 Å². The van der Waals surface area contributed by atoms with Crippen molar-refractivity contribution >= 4 is 181 Å². The molecule has 0 spiro atoms. The van der Waals surface area contributed by atoms with E-state index in [0.717, 1.165) is 33.2 Å². The van der Waals surface area contributed by atoms with E-state index < -0.39 is 32.3 Å². The van der Waals surface area contributed by atoms with E-state index in [1.807, 2.05) is 45.3 Å². The van der Waals surface area contributed by atoms with Gasteiger partial charge in [0.1, 0.15) is 32.3 Å². The van der Waals surface area contributed by atoms with Crippen LogP contribution >= 0.6 is 90.7 Å². The van der Waals surface area contributed by atoms with Crippen molar-refractivity contribution in [1.82, 2.24) is 0 Å². The Morgan fingerprint density at radius 3 is 0.786 bits per heavy atom. The lowest BCUT2D eigenvalue weighted by Crippen LogP contribution is -2.54. The molecule has 10 rings (SSSR count). The van der Waals surface area contributed by atoms with Gasteiger partial charge in [-0.3, -0.25) is 0 Å². The molecule has 0 N–H and O–H groups in total. The Morgan fingerprint density at radius 1 is 0.262 bits per heavy atom. The Balaban J connectivity index is 0.000000202. The van der Waals surface area contributed by atoms with Crippen molar-refractivity contribution in [3.05, 3.63) is 94.3 Å². The Kier molecular flexibility index (Phi) is 20.3. The van der Waals surface area contributed by atoms with Crippen molar-refractivity contribution in [3.63, 3.8) is 0 Å². The second kappa shape index (κ2) is 25.7. The molecular weight excluding hydrogens is 1230 g/mol. The molecule has 0 nitrogen and oxygen atoms in total. The summed E-state index contributed by atoms with van der Waals surface area (Å²) in [4.78, 5) is 5.80. The molecule has 0 amide bonds. The maximum absolute atomic E-state index is 2.65. The lowest BCUT2D eigenvalue weighted by molar-refractivity contribution is 0.837. The Hall–Kier alpha value is -2.05. The molecule has 10 aromatic rings. The summed E-state index contributed by atoms with van der Waals surface area (Å²) in [6.45, 7) is 60.0. The van der Waals surface area contributed by atoms with E-state index in [1.54, 1.807) is 18.0 Å². The first-order chi connectivity index (χ1) is 39.6. The number of fused-ring (bicyclic) bond motifs is 6. The third kappa shape index (κ3) is 10.7. The van der Waals surface area contributed by atoms with Crippen LogP contribution in [0.2, 0.25) is 66.5 Å². The fourth-order valence-electron chi connectivity index (χ4n) is 18.3. The topological polar surface area (TPSA) is 0 Å². The van der Waals surface area contributed by atoms with Gasteiger partial charge in [0, 0.05) is 82.1 Å². The normalized spacial score (nSPS) is 13.6. The molecule has 0 aliphatic carbocycles. The van der Waals surface area contributed by atoms with Crippen LogP contribution in [-0.2, 0) is 0 Å². The van der Waals surface area contributed by atoms with Crippen molar-refractivity contribution in [1.29, 1.82) is 0 Å². The molecule has 0 unspecified atom stereocenters. The molecule has 0 saturated carbocycles. The summed E-state index contributed by atoms with van der Waals surface area (Å²) >= 11 is 16.2. The third-order valence-electron chi connectivity index (χ3n) is 21.2. The molecule has 8 aromatic heterocycles. The van der Waals surface area contributed by atoms with Gasteiger partial charge in [0.15, 0.2) is 0 Å². The summed E-state index contributed by atoms with van der Waals surface area (Å²) < 4.78 is 12.7. The van der Waals surface area contributed by atoms with Crippen LogP contribution in [0, 0.1) is 0 Å². The highest BCUT2D eigenvalue weighted by Gasteiger charge is 2.50. The number of rotatable bonds is 20. The predicted octanol–water partition coefficient (Wildman–Crippen LogP) is 26.7. The van der Waals surface area contributed by atoms with Crippen molar-refractivity contribution < 1.29 is 0 Å². The van der Waals surface area contributed by atoms with Crippen LogP contribution in [0.5, 0.6) is 0 Å². The molecule has 452 valence electrons. The first-order valence-electron chi connectivity index (χ1n) is 31.8. The zero-order valence-corrected chi connectivity index (χ0v) is 66.0. The summed E-state index contributed by atoms with van der Waals surface area (Å²) in [7, 11) is -7.04. The Labute approximate surface area is 544 Å². The van der Waals surface area contributed by atoms with Gasteiger partial charge in [-0.1, -0.05) is 178 Å². The monoisotopic (exact) mass is 1330 g/mol. The molecule has 0 fully saturated rings. The van der Waals surface area contributed by atoms with Gasteiger partial charge in [-0.05, 0) is 167 Å². The lowest BCUT2D eigenvalue weighted by atomic mass is 10.0. The predicted molar refractivity (Wildman–Crippen MR) is 410 cm³/mol. The molecule has 0 bridgehead atoms. The van der Waals surface area contributed by atoms with E-state index in [9.17, 15) is 0 Å². The largest absolute Gasteiger partial charge is 0.145 e. The van der Waals surface area contributed by atoms with E-state index in [1.165, 1.54) is 82.1 Å². The van der Waals surface area contributed by atoms with Gasteiger partial charge in [0.2, 0.25) is 0 Å². The quantitative estimate of drug-likeness (QED) is 0.0667. The fourth-order valence-corrected chi connectivity index (χ4v) is 62.6. The zero-order chi connectivity index (χ0) is 61.4. The Morgan fingerprint density at radius 2 is 0.536 bits per heavy atom. The van der Waals surface area contributed by atoms with Crippen LogP contribution in [-0.4, -0.2) is 32.3 Å².